The van der Waals surface area contributed by atoms with Crippen molar-refractivity contribution in [2.75, 3.05) is 0 Å². The molecule has 3 rings (SSSR count). The molecule has 0 spiro atoms. The SMILES string of the molecule is O=[N+]([O-])c1ccc(-n2ccc(-c3ccccc3)c2)cc1. The maximum absolute atomic E-state index is 10.6. The molecule has 0 unspecified atom stereocenters. The number of rotatable bonds is 3. The molecule has 20 heavy (non-hydrogen) atoms. The van der Waals surface area contributed by atoms with E-state index in [1.54, 1.807) is 12.1 Å². The van der Waals surface area contributed by atoms with Gasteiger partial charge in [0, 0.05) is 30.2 Å². The summed E-state index contributed by atoms with van der Waals surface area (Å²) in [5.74, 6) is 0. The summed E-state index contributed by atoms with van der Waals surface area (Å²) in [7, 11) is 0. The first-order chi connectivity index (χ1) is 9.74. The third-order valence-corrected chi connectivity index (χ3v) is 3.16. The molecule has 0 aliphatic carbocycles. The first-order valence-corrected chi connectivity index (χ1v) is 6.22. The molecule has 0 bridgehead atoms. The minimum absolute atomic E-state index is 0.101. The number of aromatic nitrogens is 1. The summed E-state index contributed by atoms with van der Waals surface area (Å²) >= 11 is 0. The Morgan fingerprint density at radius 3 is 2.20 bits per heavy atom. The normalized spacial score (nSPS) is 10.4. The molecule has 0 saturated heterocycles. The highest BCUT2D eigenvalue weighted by Gasteiger charge is 2.05. The van der Waals surface area contributed by atoms with E-state index in [0.717, 1.165) is 16.8 Å². The number of hydrogen-bond donors (Lipinski definition) is 0. The molecule has 1 heterocycles. The lowest BCUT2D eigenvalue weighted by molar-refractivity contribution is -0.384. The zero-order valence-electron chi connectivity index (χ0n) is 10.6. The second-order valence-electron chi connectivity index (χ2n) is 4.45. The summed E-state index contributed by atoms with van der Waals surface area (Å²) in [5.41, 5.74) is 3.26. The minimum Gasteiger partial charge on any atom is -0.323 e. The van der Waals surface area contributed by atoms with Crippen molar-refractivity contribution in [2.45, 2.75) is 0 Å². The van der Waals surface area contributed by atoms with Crippen molar-refractivity contribution in [3.05, 3.63) is 83.2 Å². The van der Waals surface area contributed by atoms with Crippen LogP contribution in [0.15, 0.2) is 73.1 Å². The van der Waals surface area contributed by atoms with Crippen LogP contribution in [0.5, 0.6) is 0 Å². The Balaban J connectivity index is 1.92. The lowest BCUT2D eigenvalue weighted by atomic mass is 10.1. The predicted octanol–water partition coefficient (Wildman–Crippen LogP) is 4.05. The van der Waals surface area contributed by atoms with Gasteiger partial charge < -0.3 is 4.57 Å². The first kappa shape index (κ1) is 12.2. The molecule has 2 aromatic carbocycles. The Labute approximate surface area is 116 Å². The van der Waals surface area contributed by atoms with Gasteiger partial charge >= 0.3 is 0 Å². The van der Waals surface area contributed by atoms with E-state index in [0.29, 0.717) is 0 Å². The highest BCUT2D eigenvalue weighted by Crippen LogP contribution is 2.22. The monoisotopic (exact) mass is 264 g/mol. The van der Waals surface area contributed by atoms with Gasteiger partial charge in [0.25, 0.3) is 5.69 Å². The van der Waals surface area contributed by atoms with E-state index in [9.17, 15) is 10.1 Å². The number of hydrogen-bond acceptors (Lipinski definition) is 2. The van der Waals surface area contributed by atoms with E-state index >= 15 is 0 Å². The van der Waals surface area contributed by atoms with Gasteiger partial charge in [-0.05, 0) is 29.3 Å². The molecule has 0 radical (unpaired) electrons. The lowest BCUT2D eigenvalue weighted by Gasteiger charge is -2.02. The zero-order chi connectivity index (χ0) is 13.9. The fraction of sp³-hybridized carbons (Fsp3) is 0. The molecule has 3 aromatic rings. The van der Waals surface area contributed by atoms with Crippen molar-refractivity contribution >= 4 is 5.69 Å². The molecule has 4 heteroatoms. The van der Waals surface area contributed by atoms with Gasteiger partial charge in [-0.25, -0.2) is 0 Å². The van der Waals surface area contributed by atoms with Crippen LogP contribution < -0.4 is 0 Å². The van der Waals surface area contributed by atoms with Crippen LogP contribution in [0.25, 0.3) is 16.8 Å². The van der Waals surface area contributed by atoms with E-state index in [-0.39, 0.29) is 5.69 Å². The third-order valence-electron chi connectivity index (χ3n) is 3.16. The van der Waals surface area contributed by atoms with Crippen molar-refractivity contribution < 1.29 is 4.92 Å². The van der Waals surface area contributed by atoms with Crippen LogP contribution in [0.1, 0.15) is 0 Å². The van der Waals surface area contributed by atoms with Crippen molar-refractivity contribution in [1.29, 1.82) is 0 Å². The van der Waals surface area contributed by atoms with Crippen LogP contribution in [0.4, 0.5) is 5.69 Å². The van der Waals surface area contributed by atoms with Gasteiger partial charge in [0.05, 0.1) is 4.92 Å². The number of nitrogens with zero attached hydrogens (tertiary/aromatic N) is 2. The summed E-state index contributed by atoms with van der Waals surface area (Å²) < 4.78 is 1.95. The standard InChI is InChI=1S/C16H12N2O2/c19-18(20)16-8-6-15(7-9-16)17-11-10-14(12-17)13-4-2-1-3-5-13/h1-12H. The van der Waals surface area contributed by atoms with Gasteiger partial charge in [-0.3, -0.25) is 10.1 Å². The molecule has 0 aliphatic rings. The molecule has 0 saturated carbocycles. The van der Waals surface area contributed by atoms with Crippen LogP contribution in [0.3, 0.4) is 0 Å². The Morgan fingerprint density at radius 2 is 1.55 bits per heavy atom. The average Bonchev–Trinajstić information content (AvgIpc) is 2.98. The van der Waals surface area contributed by atoms with E-state index in [2.05, 4.69) is 12.1 Å². The van der Waals surface area contributed by atoms with Crippen LogP contribution in [-0.4, -0.2) is 9.49 Å². The van der Waals surface area contributed by atoms with Crippen molar-refractivity contribution in [1.82, 2.24) is 4.57 Å². The van der Waals surface area contributed by atoms with E-state index in [1.807, 2.05) is 41.2 Å². The summed E-state index contributed by atoms with van der Waals surface area (Å²) in [4.78, 5) is 10.2. The summed E-state index contributed by atoms with van der Waals surface area (Å²) in [5, 5.41) is 10.6. The van der Waals surface area contributed by atoms with Gasteiger partial charge in [-0.2, -0.15) is 0 Å². The van der Waals surface area contributed by atoms with E-state index < -0.39 is 4.92 Å². The van der Waals surface area contributed by atoms with Crippen LogP contribution in [0, 0.1) is 10.1 Å². The van der Waals surface area contributed by atoms with Crippen molar-refractivity contribution in [3.8, 4) is 16.8 Å². The van der Waals surface area contributed by atoms with Gasteiger partial charge in [0.15, 0.2) is 0 Å². The Kier molecular flexibility index (Phi) is 3.05. The second-order valence-corrected chi connectivity index (χ2v) is 4.45. The molecular formula is C16H12N2O2. The molecule has 98 valence electrons. The fourth-order valence-corrected chi connectivity index (χ4v) is 2.10. The lowest BCUT2D eigenvalue weighted by Crippen LogP contribution is -1.91. The van der Waals surface area contributed by atoms with E-state index in [4.69, 9.17) is 0 Å². The van der Waals surface area contributed by atoms with Gasteiger partial charge in [0.2, 0.25) is 0 Å². The summed E-state index contributed by atoms with van der Waals surface area (Å²) in [6.45, 7) is 0. The highest BCUT2D eigenvalue weighted by atomic mass is 16.6. The number of benzene rings is 2. The quantitative estimate of drug-likeness (QED) is 0.529. The molecule has 0 atom stereocenters. The van der Waals surface area contributed by atoms with Crippen molar-refractivity contribution in [2.24, 2.45) is 0 Å². The summed E-state index contributed by atoms with van der Waals surface area (Å²) in [6.07, 6.45) is 3.96. The van der Waals surface area contributed by atoms with Gasteiger partial charge in [-0.15, -0.1) is 0 Å². The Bertz CT molecular complexity index is 731. The predicted molar refractivity (Wildman–Crippen MR) is 77.9 cm³/mol. The topological polar surface area (TPSA) is 48.1 Å². The van der Waals surface area contributed by atoms with Crippen LogP contribution >= 0.6 is 0 Å². The Morgan fingerprint density at radius 1 is 0.850 bits per heavy atom. The maximum Gasteiger partial charge on any atom is 0.269 e. The number of nitro benzene ring substituents is 1. The second kappa shape index (κ2) is 5.01. The summed E-state index contributed by atoms with van der Waals surface area (Å²) in [6, 6.07) is 18.6. The van der Waals surface area contributed by atoms with Crippen LogP contribution in [0.2, 0.25) is 0 Å². The minimum atomic E-state index is -0.394. The smallest absolute Gasteiger partial charge is 0.269 e. The molecule has 0 N–H and O–H groups in total. The number of non-ortho nitro benzene ring substituents is 1. The third kappa shape index (κ3) is 2.31. The molecule has 0 aliphatic heterocycles. The molecule has 1 aromatic heterocycles. The zero-order valence-corrected chi connectivity index (χ0v) is 10.6. The number of nitro groups is 1. The maximum atomic E-state index is 10.6. The van der Waals surface area contributed by atoms with Crippen molar-refractivity contribution in [3.63, 3.8) is 0 Å². The Hall–Kier alpha value is -2.88. The van der Waals surface area contributed by atoms with Gasteiger partial charge in [-0.1, -0.05) is 30.3 Å². The highest BCUT2D eigenvalue weighted by molar-refractivity contribution is 5.63. The molecular weight excluding hydrogens is 252 g/mol. The van der Waals surface area contributed by atoms with Gasteiger partial charge in [0.1, 0.15) is 0 Å². The average molecular weight is 264 g/mol. The molecule has 0 amide bonds. The fourth-order valence-electron chi connectivity index (χ4n) is 2.10. The first-order valence-electron chi connectivity index (χ1n) is 6.22. The van der Waals surface area contributed by atoms with E-state index in [1.165, 1.54) is 12.1 Å². The largest absolute Gasteiger partial charge is 0.323 e. The molecule has 4 nitrogen and oxygen atoms in total. The molecule has 0 fully saturated rings. The van der Waals surface area contributed by atoms with Crippen LogP contribution in [-0.2, 0) is 0 Å².